The molecular formula is C16H22FN3O2. The van der Waals surface area contributed by atoms with E-state index in [1.54, 1.807) is 6.07 Å². The summed E-state index contributed by atoms with van der Waals surface area (Å²) in [6.07, 6.45) is 0.308. The van der Waals surface area contributed by atoms with Gasteiger partial charge in [0.2, 0.25) is 5.91 Å². The van der Waals surface area contributed by atoms with Crippen LogP contribution in [0.25, 0.3) is 0 Å². The molecule has 5 nitrogen and oxygen atoms in total. The Labute approximate surface area is 129 Å². The van der Waals surface area contributed by atoms with Crippen LogP contribution in [0.3, 0.4) is 0 Å². The first kappa shape index (κ1) is 15.4. The van der Waals surface area contributed by atoms with E-state index in [2.05, 4.69) is 10.6 Å². The topological polar surface area (TPSA) is 53.6 Å². The van der Waals surface area contributed by atoms with Crippen molar-refractivity contribution in [1.29, 1.82) is 0 Å². The van der Waals surface area contributed by atoms with E-state index >= 15 is 0 Å². The number of piperazine rings is 1. The van der Waals surface area contributed by atoms with Crippen molar-refractivity contribution < 1.29 is 13.9 Å². The van der Waals surface area contributed by atoms with E-state index in [0.29, 0.717) is 32.7 Å². The quantitative estimate of drug-likeness (QED) is 0.862. The molecule has 0 spiro atoms. The Kier molecular flexibility index (Phi) is 5.02. The third-order valence-corrected chi connectivity index (χ3v) is 4.20. The van der Waals surface area contributed by atoms with Gasteiger partial charge in [-0.1, -0.05) is 12.1 Å². The molecule has 2 heterocycles. The molecule has 2 atom stereocenters. The molecule has 1 aromatic rings. The van der Waals surface area contributed by atoms with E-state index < -0.39 is 0 Å². The van der Waals surface area contributed by atoms with Crippen LogP contribution in [0.4, 0.5) is 4.39 Å². The molecule has 2 unspecified atom stereocenters. The summed E-state index contributed by atoms with van der Waals surface area (Å²) in [7, 11) is 0. The number of ether oxygens (including phenoxy) is 1. The zero-order valence-corrected chi connectivity index (χ0v) is 12.6. The summed E-state index contributed by atoms with van der Waals surface area (Å²) >= 11 is 0. The highest BCUT2D eigenvalue weighted by atomic mass is 19.1. The van der Waals surface area contributed by atoms with Gasteiger partial charge in [0.1, 0.15) is 5.82 Å². The van der Waals surface area contributed by atoms with Crippen molar-refractivity contribution in [1.82, 2.24) is 15.5 Å². The lowest BCUT2D eigenvalue weighted by molar-refractivity contribution is -0.138. The summed E-state index contributed by atoms with van der Waals surface area (Å²) < 4.78 is 19.1. The zero-order chi connectivity index (χ0) is 15.4. The highest BCUT2D eigenvalue weighted by molar-refractivity contribution is 5.77. The molecule has 0 aromatic heterocycles. The minimum Gasteiger partial charge on any atom is -0.375 e. The van der Waals surface area contributed by atoms with E-state index in [1.807, 2.05) is 11.0 Å². The Bertz CT molecular complexity index is 520. The molecule has 6 heteroatoms. The standard InChI is InChI=1S/C16H22FN3O2/c17-13-3-1-2-12(8-13)15-11-18-4-6-20(15)16(21)9-14-10-19-5-7-22-14/h1-3,8,14-15,18-19H,4-7,9-11H2. The van der Waals surface area contributed by atoms with Crippen LogP contribution in [-0.4, -0.2) is 56.2 Å². The number of nitrogens with one attached hydrogen (secondary N) is 2. The number of hydrogen-bond donors (Lipinski definition) is 2. The summed E-state index contributed by atoms with van der Waals surface area (Å²) in [4.78, 5) is 14.5. The molecule has 2 aliphatic rings. The number of benzene rings is 1. The molecule has 3 rings (SSSR count). The van der Waals surface area contributed by atoms with Gasteiger partial charge < -0.3 is 20.3 Å². The van der Waals surface area contributed by atoms with Crippen molar-refractivity contribution >= 4 is 5.91 Å². The first-order valence-corrected chi connectivity index (χ1v) is 7.82. The number of rotatable bonds is 3. The van der Waals surface area contributed by atoms with Crippen LogP contribution in [0.1, 0.15) is 18.0 Å². The Balaban J connectivity index is 1.70. The molecule has 2 fully saturated rings. The third kappa shape index (κ3) is 3.63. The van der Waals surface area contributed by atoms with Gasteiger partial charge in [-0.15, -0.1) is 0 Å². The molecule has 1 aromatic carbocycles. The Morgan fingerprint density at radius 2 is 2.18 bits per heavy atom. The van der Waals surface area contributed by atoms with Crippen molar-refractivity contribution in [2.75, 3.05) is 39.3 Å². The molecule has 2 saturated heterocycles. The second kappa shape index (κ2) is 7.17. The molecule has 120 valence electrons. The van der Waals surface area contributed by atoms with Gasteiger partial charge in [-0.3, -0.25) is 4.79 Å². The molecular weight excluding hydrogens is 285 g/mol. The molecule has 1 amide bonds. The first-order valence-electron chi connectivity index (χ1n) is 7.82. The zero-order valence-electron chi connectivity index (χ0n) is 12.6. The predicted molar refractivity (Wildman–Crippen MR) is 81.0 cm³/mol. The summed E-state index contributed by atoms with van der Waals surface area (Å²) in [5.41, 5.74) is 0.836. The number of nitrogens with zero attached hydrogens (tertiary/aromatic N) is 1. The molecule has 0 saturated carbocycles. The fraction of sp³-hybridized carbons (Fsp3) is 0.562. The van der Waals surface area contributed by atoms with Gasteiger partial charge in [-0.25, -0.2) is 4.39 Å². The Morgan fingerprint density at radius 3 is 2.95 bits per heavy atom. The maximum atomic E-state index is 13.5. The monoisotopic (exact) mass is 307 g/mol. The van der Waals surface area contributed by atoms with Gasteiger partial charge >= 0.3 is 0 Å². The van der Waals surface area contributed by atoms with E-state index in [-0.39, 0.29) is 23.9 Å². The predicted octanol–water partition coefficient (Wildman–Crippen LogP) is 0.677. The number of halogens is 1. The van der Waals surface area contributed by atoms with Crippen LogP contribution >= 0.6 is 0 Å². The molecule has 2 N–H and O–H groups in total. The normalized spacial score (nSPS) is 26.0. The molecule has 0 bridgehead atoms. The highest BCUT2D eigenvalue weighted by Gasteiger charge is 2.30. The van der Waals surface area contributed by atoms with Crippen molar-refractivity contribution in [3.8, 4) is 0 Å². The largest absolute Gasteiger partial charge is 0.375 e. The van der Waals surface area contributed by atoms with Crippen LogP contribution in [0.15, 0.2) is 24.3 Å². The fourth-order valence-electron chi connectivity index (χ4n) is 3.08. The third-order valence-electron chi connectivity index (χ3n) is 4.20. The number of amides is 1. The first-order chi connectivity index (χ1) is 10.7. The minimum absolute atomic E-state index is 0.0655. The van der Waals surface area contributed by atoms with Gasteiger partial charge in [0, 0.05) is 32.7 Å². The van der Waals surface area contributed by atoms with Crippen LogP contribution in [0.5, 0.6) is 0 Å². The van der Waals surface area contributed by atoms with E-state index in [9.17, 15) is 9.18 Å². The number of carbonyl (C=O) groups excluding carboxylic acids is 1. The number of morpholine rings is 1. The maximum absolute atomic E-state index is 13.5. The molecule has 0 radical (unpaired) electrons. The second-order valence-electron chi connectivity index (χ2n) is 5.76. The van der Waals surface area contributed by atoms with Gasteiger partial charge in [-0.05, 0) is 17.7 Å². The lowest BCUT2D eigenvalue weighted by Crippen LogP contribution is -2.50. The van der Waals surface area contributed by atoms with Gasteiger partial charge in [-0.2, -0.15) is 0 Å². The highest BCUT2D eigenvalue weighted by Crippen LogP contribution is 2.24. The maximum Gasteiger partial charge on any atom is 0.225 e. The van der Waals surface area contributed by atoms with Crippen LogP contribution in [-0.2, 0) is 9.53 Å². The molecule has 2 aliphatic heterocycles. The summed E-state index contributed by atoms with van der Waals surface area (Å²) in [6, 6.07) is 6.38. The minimum atomic E-state index is -0.268. The van der Waals surface area contributed by atoms with E-state index in [1.165, 1.54) is 12.1 Å². The average molecular weight is 307 g/mol. The van der Waals surface area contributed by atoms with Gasteiger partial charge in [0.15, 0.2) is 0 Å². The number of hydrogen-bond acceptors (Lipinski definition) is 4. The van der Waals surface area contributed by atoms with Gasteiger partial charge in [0.25, 0.3) is 0 Å². The van der Waals surface area contributed by atoms with Crippen LogP contribution in [0.2, 0.25) is 0 Å². The number of carbonyl (C=O) groups is 1. The average Bonchev–Trinajstić information content (AvgIpc) is 2.56. The van der Waals surface area contributed by atoms with Crippen LogP contribution in [0, 0.1) is 5.82 Å². The summed E-state index contributed by atoms with van der Waals surface area (Å²) in [5, 5.41) is 6.52. The fourth-order valence-corrected chi connectivity index (χ4v) is 3.08. The van der Waals surface area contributed by atoms with Crippen LogP contribution < -0.4 is 10.6 Å². The summed E-state index contributed by atoms with van der Waals surface area (Å²) in [5.74, 6) is -0.195. The van der Waals surface area contributed by atoms with Crippen molar-refractivity contribution in [3.05, 3.63) is 35.6 Å². The van der Waals surface area contributed by atoms with E-state index in [4.69, 9.17) is 4.74 Å². The molecule has 0 aliphatic carbocycles. The van der Waals surface area contributed by atoms with Gasteiger partial charge in [0.05, 0.1) is 25.2 Å². The SMILES string of the molecule is O=C(CC1CNCCO1)N1CCNCC1c1cccc(F)c1. The lowest BCUT2D eigenvalue weighted by Gasteiger charge is -2.37. The van der Waals surface area contributed by atoms with E-state index in [0.717, 1.165) is 18.7 Å². The smallest absolute Gasteiger partial charge is 0.225 e. The second-order valence-corrected chi connectivity index (χ2v) is 5.76. The lowest BCUT2D eigenvalue weighted by atomic mass is 10.0. The summed E-state index contributed by atoms with van der Waals surface area (Å²) in [6.45, 7) is 4.25. The Hall–Kier alpha value is -1.50. The van der Waals surface area contributed by atoms with Crippen molar-refractivity contribution in [2.24, 2.45) is 0 Å². The van der Waals surface area contributed by atoms with Crippen molar-refractivity contribution in [3.63, 3.8) is 0 Å². The molecule has 22 heavy (non-hydrogen) atoms. The Morgan fingerprint density at radius 1 is 1.32 bits per heavy atom. The van der Waals surface area contributed by atoms with Crippen molar-refractivity contribution in [2.45, 2.75) is 18.6 Å².